The minimum absolute atomic E-state index is 0.0766. The summed E-state index contributed by atoms with van der Waals surface area (Å²) in [6.07, 6.45) is 2.71. The van der Waals surface area contributed by atoms with Crippen molar-refractivity contribution in [2.75, 3.05) is 19.8 Å². The van der Waals surface area contributed by atoms with Gasteiger partial charge in [-0.2, -0.15) is 0 Å². The predicted octanol–water partition coefficient (Wildman–Crippen LogP) is 2.88. The Morgan fingerprint density at radius 3 is 2.90 bits per heavy atom. The molecule has 1 aliphatic heterocycles. The Hall–Kier alpha value is -0.690. The van der Waals surface area contributed by atoms with E-state index in [4.69, 9.17) is 16.3 Å². The van der Waals surface area contributed by atoms with E-state index in [1.54, 1.807) is 0 Å². The van der Waals surface area contributed by atoms with Gasteiger partial charge in [0.1, 0.15) is 10.7 Å². The highest BCUT2D eigenvalue weighted by molar-refractivity contribution is 7.89. The fourth-order valence-corrected chi connectivity index (χ4v) is 3.99. The molecule has 1 saturated heterocycles. The Morgan fingerprint density at radius 2 is 2.24 bits per heavy atom. The van der Waals surface area contributed by atoms with Crippen molar-refractivity contribution in [1.29, 1.82) is 0 Å². The highest BCUT2D eigenvalue weighted by atomic mass is 35.5. The van der Waals surface area contributed by atoms with E-state index in [2.05, 4.69) is 4.72 Å². The second kappa shape index (κ2) is 7.05. The second-order valence-corrected chi connectivity index (χ2v) is 7.44. The molecule has 7 heteroatoms. The minimum atomic E-state index is -3.71. The van der Waals surface area contributed by atoms with Crippen molar-refractivity contribution in [3.05, 3.63) is 28.5 Å². The number of halogens is 2. The number of ether oxygens (including phenoxy) is 1. The lowest BCUT2D eigenvalue weighted by Gasteiger charge is -2.11. The number of aryl methyl sites for hydroxylation is 1. The van der Waals surface area contributed by atoms with Crippen molar-refractivity contribution in [2.45, 2.75) is 31.1 Å². The molecule has 21 heavy (non-hydrogen) atoms. The molecule has 1 atom stereocenters. The van der Waals surface area contributed by atoms with Crippen LogP contribution < -0.4 is 4.72 Å². The average Bonchev–Trinajstić information content (AvgIpc) is 2.92. The van der Waals surface area contributed by atoms with E-state index in [0.717, 1.165) is 38.5 Å². The molecule has 1 unspecified atom stereocenters. The molecule has 0 spiro atoms. The van der Waals surface area contributed by atoms with Gasteiger partial charge >= 0.3 is 0 Å². The van der Waals surface area contributed by atoms with Gasteiger partial charge in [0.25, 0.3) is 0 Å². The van der Waals surface area contributed by atoms with Gasteiger partial charge < -0.3 is 4.74 Å². The molecule has 1 fully saturated rings. The summed E-state index contributed by atoms with van der Waals surface area (Å²) in [6, 6.07) is 2.28. The lowest BCUT2D eigenvalue weighted by atomic mass is 10.0. The van der Waals surface area contributed by atoms with Gasteiger partial charge in [-0.1, -0.05) is 11.6 Å². The first-order chi connectivity index (χ1) is 9.90. The Labute approximate surface area is 129 Å². The third-order valence-corrected chi connectivity index (χ3v) is 5.53. The zero-order valence-corrected chi connectivity index (χ0v) is 13.4. The molecule has 1 aromatic rings. The molecular formula is C14H19ClFNO3S. The quantitative estimate of drug-likeness (QED) is 0.813. The van der Waals surface area contributed by atoms with Crippen molar-refractivity contribution in [2.24, 2.45) is 5.92 Å². The highest BCUT2D eigenvalue weighted by Crippen LogP contribution is 2.24. The van der Waals surface area contributed by atoms with Gasteiger partial charge in [-0.25, -0.2) is 17.5 Å². The van der Waals surface area contributed by atoms with Crippen LogP contribution in [0.3, 0.4) is 0 Å². The molecule has 0 radical (unpaired) electrons. The van der Waals surface area contributed by atoms with Crippen LogP contribution in [0.15, 0.2) is 17.0 Å². The van der Waals surface area contributed by atoms with Crippen LogP contribution in [-0.4, -0.2) is 28.2 Å². The zero-order chi connectivity index (χ0) is 15.5. The molecule has 0 aromatic heterocycles. The summed E-state index contributed by atoms with van der Waals surface area (Å²) in [5, 5.41) is -0.102. The minimum Gasteiger partial charge on any atom is -0.381 e. The van der Waals surface area contributed by atoms with Gasteiger partial charge in [0.15, 0.2) is 0 Å². The Bertz CT molecular complexity index is 600. The fourth-order valence-electron chi connectivity index (χ4n) is 2.32. The van der Waals surface area contributed by atoms with Crippen molar-refractivity contribution in [1.82, 2.24) is 4.72 Å². The first-order valence-corrected chi connectivity index (χ1v) is 8.79. The van der Waals surface area contributed by atoms with Gasteiger partial charge in [-0.15, -0.1) is 0 Å². The number of hydrogen-bond donors (Lipinski definition) is 1. The van der Waals surface area contributed by atoms with Crippen LogP contribution in [0.25, 0.3) is 0 Å². The van der Waals surface area contributed by atoms with Gasteiger partial charge in [0, 0.05) is 19.8 Å². The molecule has 0 amide bonds. The molecule has 4 nitrogen and oxygen atoms in total. The van der Waals surface area contributed by atoms with E-state index >= 15 is 0 Å². The summed E-state index contributed by atoms with van der Waals surface area (Å²) in [6.45, 7) is 3.40. The Kier molecular flexibility index (Phi) is 5.60. The first-order valence-electron chi connectivity index (χ1n) is 6.93. The fraction of sp³-hybridized carbons (Fsp3) is 0.571. The molecule has 118 valence electrons. The van der Waals surface area contributed by atoms with Crippen molar-refractivity contribution < 1.29 is 17.5 Å². The van der Waals surface area contributed by atoms with Gasteiger partial charge in [0.05, 0.1) is 5.02 Å². The summed E-state index contributed by atoms with van der Waals surface area (Å²) in [4.78, 5) is -0.0766. The van der Waals surface area contributed by atoms with Gasteiger partial charge in [-0.05, 0) is 49.8 Å². The number of benzene rings is 1. The van der Waals surface area contributed by atoms with Gasteiger partial charge in [0.2, 0.25) is 10.0 Å². The maximum Gasteiger partial charge on any atom is 0.242 e. The summed E-state index contributed by atoms with van der Waals surface area (Å²) in [7, 11) is -3.71. The number of sulfonamides is 1. The third-order valence-electron chi connectivity index (χ3n) is 3.61. The van der Waals surface area contributed by atoms with Crippen LogP contribution in [0.5, 0.6) is 0 Å². The van der Waals surface area contributed by atoms with E-state index in [9.17, 15) is 12.8 Å². The second-order valence-electron chi connectivity index (χ2n) is 5.30. The summed E-state index contributed by atoms with van der Waals surface area (Å²) in [5.74, 6) is 0.00587. The molecule has 0 bridgehead atoms. The molecule has 0 saturated carbocycles. The van der Waals surface area contributed by atoms with Crippen LogP contribution in [0.4, 0.5) is 4.39 Å². The molecule has 1 N–H and O–H groups in total. The van der Waals surface area contributed by atoms with E-state index in [0.29, 0.717) is 12.5 Å². The Morgan fingerprint density at radius 1 is 1.48 bits per heavy atom. The van der Waals surface area contributed by atoms with Crippen LogP contribution in [-0.2, 0) is 14.8 Å². The summed E-state index contributed by atoms with van der Waals surface area (Å²) in [5.41, 5.74) is 0.253. The van der Waals surface area contributed by atoms with Crippen LogP contribution in [0.1, 0.15) is 24.8 Å². The van der Waals surface area contributed by atoms with Crippen molar-refractivity contribution in [3.8, 4) is 0 Å². The molecule has 2 rings (SSSR count). The first kappa shape index (κ1) is 16.7. The topological polar surface area (TPSA) is 55.4 Å². The normalized spacial score (nSPS) is 19.1. The molecule has 1 aliphatic rings. The van der Waals surface area contributed by atoms with Crippen LogP contribution in [0, 0.1) is 18.7 Å². The smallest absolute Gasteiger partial charge is 0.242 e. The van der Waals surface area contributed by atoms with Crippen LogP contribution in [0.2, 0.25) is 5.02 Å². The third kappa shape index (κ3) is 4.39. The van der Waals surface area contributed by atoms with E-state index in [-0.39, 0.29) is 15.5 Å². The Balaban J connectivity index is 1.93. The maximum absolute atomic E-state index is 13.3. The zero-order valence-electron chi connectivity index (χ0n) is 11.9. The lowest BCUT2D eigenvalue weighted by molar-refractivity contribution is 0.184. The van der Waals surface area contributed by atoms with Gasteiger partial charge in [-0.3, -0.25) is 0 Å². The van der Waals surface area contributed by atoms with Crippen molar-refractivity contribution >= 4 is 21.6 Å². The monoisotopic (exact) mass is 335 g/mol. The standard InChI is InChI=1S/C14H19ClFNO3S/c1-10-7-14(12(15)8-13(10)16)21(18,19)17-5-2-3-11-4-6-20-9-11/h7-8,11,17H,2-6,9H2,1H3. The number of hydrogen-bond acceptors (Lipinski definition) is 3. The van der Waals surface area contributed by atoms with Crippen LogP contribution >= 0.6 is 11.6 Å². The van der Waals surface area contributed by atoms with Crippen molar-refractivity contribution in [3.63, 3.8) is 0 Å². The largest absolute Gasteiger partial charge is 0.381 e. The molecule has 1 heterocycles. The number of nitrogens with one attached hydrogen (secondary N) is 1. The predicted molar refractivity (Wildman–Crippen MR) is 79.5 cm³/mol. The SMILES string of the molecule is Cc1cc(S(=O)(=O)NCCCC2CCOC2)c(Cl)cc1F. The highest BCUT2D eigenvalue weighted by Gasteiger charge is 2.20. The summed E-state index contributed by atoms with van der Waals surface area (Å²) >= 11 is 5.83. The van der Waals surface area contributed by atoms with E-state index in [1.165, 1.54) is 13.0 Å². The van der Waals surface area contributed by atoms with E-state index < -0.39 is 15.8 Å². The summed E-state index contributed by atoms with van der Waals surface area (Å²) < 4.78 is 45.4. The van der Waals surface area contributed by atoms with E-state index in [1.807, 2.05) is 0 Å². The molecule has 1 aromatic carbocycles. The molecular weight excluding hydrogens is 317 g/mol. The lowest BCUT2D eigenvalue weighted by Crippen LogP contribution is -2.25. The molecule has 0 aliphatic carbocycles. The number of rotatable bonds is 6. The maximum atomic E-state index is 13.3. The average molecular weight is 336 g/mol.